The van der Waals surface area contributed by atoms with Crippen LogP contribution in [-0.4, -0.2) is 59.5 Å². The third-order valence-corrected chi connectivity index (χ3v) is 5.49. The standard InChI is InChI=1S/C19H30N4O5/c1-3-11(2)18(27)21-10-15(24)23-8-4-5-14(23)19(28)22-13(9-12-6-7-12)16(25)17(20)26/h11-14H,3-10H2,1-2H3,(H2,20,26)(H,21,27)(H,22,28). The predicted octanol–water partition coefficient (Wildman–Crippen LogP) is -0.521. The van der Waals surface area contributed by atoms with Crippen LogP contribution < -0.4 is 16.4 Å². The number of amides is 4. The SMILES string of the molecule is CCC(C)C(=O)NCC(=O)N1CCCC1C(=O)NC(CC1CC1)C(=O)C(N)=O. The summed E-state index contributed by atoms with van der Waals surface area (Å²) in [4.78, 5) is 61.7. The van der Waals surface area contributed by atoms with Crippen LogP contribution in [0.3, 0.4) is 0 Å². The van der Waals surface area contributed by atoms with Crippen molar-refractivity contribution in [3.63, 3.8) is 0 Å². The zero-order chi connectivity index (χ0) is 20.8. The number of Topliss-reactive ketones (excluding diaryl/α,β-unsaturated/α-hetero) is 1. The number of ketones is 1. The molecule has 9 nitrogen and oxygen atoms in total. The molecule has 9 heteroatoms. The van der Waals surface area contributed by atoms with Crippen LogP contribution in [0, 0.1) is 11.8 Å². The van der Waals surface area contributed by atoms with Crippen LogP contribution in [0.2, 0.25) is 0 Å². The van der Waals surface area contributed by atoms with Crippen molar-refractivity contribution in [1.29, 1.82) is 0 Å². The van der Waals surface area contributed by atoms with Crippen molar-refractivity contribution in [2.45, 2.75) is 64.5 Å². The molecule has 156 valence electrons. The highest BCUT2D eigenvalue weighted by Crippen LogP contribution is 2.33. The van der Waals surface area contributed by atoms with Gasteiger partial charge in [-0.25, -0.2) is 0 Å². The maximum atomic E-state index is 12.7. The molecule has 0 spiro atoms. The van der Waals surface area contributed by atoms with Crippen molar-refractivity contribution in [3.05, 3.63) is 0 Å². The summed E-state index contributed by atoms with van der Waals surface area (Å²) in [5.41, 5.74) is 5.10. The van der Waals surface area contributed by atoms with E-state index in [1.54, 1.807) is 6.92 Å². The number of carbonyl (C=O) groups is 5. The van der Waals surface area contributed by atoms with E-state index >= 15 is 0 Å². The number of hydrogen-bond donors (Lipinski definition) is 3. The Bertz CT molecular complexity index is 646. The lowest BCUT2D eigenvalue weighted by molar-refractivity contribution is -0.141. The topological polar surface area (TPSA) is 139 Å². The summed E-state index contributed by atoms with van der Waals surface area (Å²) in [6, 6.07) is -1.66. The van der Waals surface area contributed by atoms with Gasteiger partial charge in [0.05, 0.1) is 12.6 Å². The van der Waals surface area contributed by atoms with Crippen LogP contribution in [0.15, 0.2) is 0 Å². The Labute approximate surface area is 164 Å². The molecule has 1 aliphatic carbocycles. The zero-order valence-corrected chi connectivity index (χ0v) is 16.5. The van der Waals surface area contributed by atoms with E-state index in [-0.39, 0.29) is 24.3 Å². The zero-order valence-electron chi connectivity index (χ0n) is 16.5. The molecule has 28 heavy (non-hydrogen) atoms. The second-order valence-corrected chi connectivity index (χ2v) is 7.74. The number of carbonyl (C=O) groups excluding carboxylic acids is 5. The molecule has 3 atom stereocenters. The Hall–Kier alpha value is -2.45. The molecule has 4 N–H and O–H groups in total. The highest BCUT2D eigenvalue weighted by molar-refractivity contribution is 6.37. The Morgan fingerprint density at radius 2 is 1.82 bits per heavy atom. The first-order valence-corrected chi connectivity index (χ1v) is 9.95. The molecule has 2 rings (SSSR count). The lowest BCUT2D eigenvalue weighted by Gasteiger charge is -2.26. The predicted molar refractivity (Wildman–Crippen MR) is 101 cm³/mol. The summed E-state index contributed by atoms with van der Waals surface area (Å²) in [5, 5.41) is 5.22. The van der Waals surface area contributed by atoms with Gasteiger partial charge < -0.3 is 21.3 Å². The lowest BCUT2D eigenvalue weighted by atomic mass is 10.0. The third kappa shape index (κ3) is 5.77. The van der Waals surface area contributed by atoms with Gasteiger partial charge in [0.1, 0.15) is 6.04 Å². The molecule has 2 aliphatic rings. The summed E-state index contributed by atoms with van der Waals surface area (Å²) in [6.07, 6.45) is 4.10. The first kappa shape index (κ1) is 21.8. The van der Waals surface area contributed by atoms with Crippen LogP contribution >= 0.6 is 0 Å². The Morgan fingerprint density at radius 1 is 1.14 bits per heavy atom. The maximum Gasteiger partial charge on any atom is 0.287 e. The largest absolute Gasteiger partial charge is 0.363 e. The molecule has 0 aromatic carbocycles. The number of primary amides is 1. The molecular weight excluding hydrogens is 364 g/mol. The quantitative estimate of drug-likeness (QED) is 0.428. The molecule has 1 saturated heterocycles. The van der Waals surface area contributed by atoms with Crippen molar-refractivity contribution in [2.24, 2.45) is 17.6 Å². The molecule has 1 heterocycles. The second kappa shape index (κ2) is 9.66. The normalized spacial score (nSPS) is 20.9. The highest BCUT2D eigenvalue weighted by Gasteiger charge is 2.38. The molecule has 1 aliphatic heterocycles. The number of nitrogens with one attached hydrogen (secondary N) is 2. The Kier molecular flexibility index (Phi) is 7.53. The first-order chi connectivity index (χ1) is 13.2. The minimum absolute atomic E-state index is 0.168. The van der Waals surface area contributed by atoms with Crippen molar-refractivity contribution in [3.8, 4) is 0 Å². The van der Waals surface area contributed by atoms with E-state index in [4.69, 9.17) is 5.73 Å². The fourth-order valence-corrected chi connectivity index (χ4v) is 3.32. The molecular formula is C19H30N4O5. The van der Waals surface area contributed by atoms with Gasteiger partial charge in [-0.05, 0) is 31.6 Å². The number of nitrogens with zero attached hydrogens (tertiary/aromatic N) is 1. The van der Waals surface area contributed by atoms with Gasteiger partial charge in [-0.1, -0.05) is 26.7 Å². The second-order valence-electron chi connectivity index (χ2n) is 7.74. The van der Waals surface area contributed by atoms with E-state index in [1.165, 1.54) is 4.90 Å². The van der Waals surface area contributed by atoms with Crippen LogP contribution in [0.25, 0.3) is 0 Å². The Morgan fingerprint density at radius 3 is 2.39 bits per heavy atom. The Balaban J connectivity index is 1.94. The third-order valence-electron chi connectivity index (χ3n) is 5.49. The van der Waals surface area contributed by atoms with Gasteiger partial charge in [0.2, 0.25) is 23.5 Å². The number of hydrogen-bond acceptors (Lipinski definition) is 5. The molecule has 4 amide bonds. The summed E-state index contributed by atoms with van der Waals surface area (Å²) in [7, 11) is 0. The monoisotopic (exact) mass is 394 g/mol. The van der Waals surface area contributed by atoms with Crippen LogP contribution in [0.1, 0.15) is 52.4 Å². The molecule has 2 fully saturated rings. The van der Waals surface area contributed by atoms with Gasteiger partial charge in [0, 0.05) is 12.5 Å². The van der Waals surface area contributed by atoms with Gasteiger partial charge in [-0.3, -0.25) is 24.0 Å². The van der Waals surface area contributed by atoms with Crippen LogP contribution in [-0.2, 0) is 24.0 Å². The summed E-state index contributed by atoms with van der Waals surface area (Å²) in [5.74, 6) is -2.75. The molecule has 3 unspecified atom stereocenters. The average molecular weight is 394 g/mol. The minimum Gasteiger partial charge on any atom is -0.363 e. The van der Waals surface area contributed by atoms with Crippen molar-refractivity contribution in [1.82, 2.24) is 15.5 Å². The molecule has 0 bridgehead atoms. The van der Waals surface area contributed by atoms with Crippen molar-refractivity contribution >= 4 is 29.4 Å². The number of rotatable bonds is 10. The van der Waals surface area contributed by atoms with E-state index in [2.05, 4.69) is 10.6 Å². The smallest absolute Gasteiger partial charge is 0.287 e. The summed E-state index contributed by atoms with van der Waals surface area (Å²) in [6.45, 7) is 3.91. The molecule has 1 saturated carbocycles. The van der Waals surface area contributed by atoms with Gasteiger partial charge in [-0.2, -0.15) is 0 Å². The number of nitrogens with two attached hydrogens (primary N) is 1. The van der Waals surface area contributed by atoms with Gasteiger partial charge in [0.25, 0.3) is 5.91 Å². The van der Waals surface area contributed by atoms with E-state index in [0.717, 1.165) is 12.8 Å². The summed E-state index contributed by atoms with van der Waals surface area (Å²) >= 11 is 0. The van der Waals surface area contributed by atoms with E-state index in [0.29, 0.717) is 38.1 Å². The van der Waals surface area contributed by atoms with Crippen LogP contribution in [0.5, 0.6) is 0 Å². The minimum atomic E-state index is -1.07. The average Bonchev–Trinajstić information content (AvgIpc) is 3.35. The first-order valence-electron chi connectivity index (χ1n) is 9.95. The number of likely N-dealkylation sites (tertiary alicyclic amines) is 1. The highest BCUT2D eigenvalue weighted by atomic mass is 16.2. The van der Waals surface area contributed by atoms with Gasteiger partial charge in [0.15, 0.2) is 0 Å². The molecule has 0 aromatic rings. The molecule has 0 radical (unpaired) electrons. The van der Waals surface area contributed by atoms with Crippen LogP contribution in [0.4, 0.5) is 0 Å². The summed E-state index contributed by atoms with van der Waals surface area (Å²) < 4.78 is 0. The lowest BCUT2D eigenvalue weighted by Crippen LogP contribution is -2.54. The fourth-order valence-electron chi connectivity index (χ4n) is 3.32. The fraction of sp³-hybridized carbons (Fsp3) is 0.737. The van der Waals surface area contributed by atoms with Crippen molar-refractivity contribution < 1.29 is 24.0 Å². The van der Waals surface area contributed by atoms with Gasteiger partial charge in [-0.15, -0.1) is 0 Å². The van der Waals surface area contributed by atoms with E-state index < -0.39 is 29.7 Å². The van der Waals surface area contributed by atoms with Crippen molar-refractivity contribution in [2.75, 3.05) is 13.1 Å². The maximum absolute atomic E-state index is 12.7. The van der Waals surface area contributed by atoms with Gasteiger partial charge >= 0.3 is 0 Å². The molecule has 0 aromatic heterocycles. The van der Waals surface area contributed by atoms with E-state index in [9.17, 15) is 24.0 Å². The van der Waals surface area contributed by atoms with E-state index in [1.807, 2.05) is 6.92 Å².